The molecule has 1 aromatic carbocycles. The topological polar surface area (TPSA) is 13.1 Å². The number of hydrogen-bond acceptors (Lipinski definition) is 1. The molecule has 2 unspecified atom stereocenters. The second kappa shape index (κ2) is 3.45. The molecule has 88 valence electrons. The van der Waals surface area contributed by atoms with Crippen LogP contribution >= 0.6 is 15.9 Å². The van der Waals surface area contributed by atoms with Crippen molar-refractivity contribution in [3.8, 4) is 0 Å². The number of rotatable bonds is 0. The zero-order chi connectivity index (χ0) is 12.2. The number of furan rings is 1. The summed E-state index contributed by atoms with van der Waals surface area (Å²) in [6.45, 7) is 3.89. The Morgan fingerprint density at radius 1 is 1.41 bits per heavy atom. The summed E-state index contributed by atoms with van der Waals surface area (Å²) in [4.78, 5) is 0. The van der Waals surface area contributed by atoms with E-state index < -0.39 is 4.58 Å². The Labute approximate surface area is 107 Å². The number of benzene rings is 1. The van der Waals surface area contributed by atoms with Gasteiger partial charge in [-0.25, -0.2) is 4.39 Å². The van der Waals surface area contributed by atoms with E-state index in [9.17, 15) is 4.39 Å². The average molecular weight is 295 g/mol. The SMILES string of the molecule is Cc1ccc2oc3c(c2c1)=CC(C)C(F)(Br)C=3. The molecular weight excluding hydrogens is 283 g/mol. The summed E-state index contributed by atoms with van der Waals surface area (Å²) in [7, 11) is 0. The highest BCUT2D eigenvalue weighted by molar-refractivity contribution is 9.10. The van der Waals surface area contributed by atoms with Crippen LogP contribution in [-0.4, -0.2) is 4.58 Å². The number of halogens is 2. The predicted octanol–water partition coefficient (Wildman–Crippen LogP) is 3.01. The Morgan fingerprint density at radius 2 is 2.18 bits per heavy atom. The minimum atomic E-state index is -1.51. The monoisotopic (exact) mass is 294 g/mol. The van der Waals surface area contributed by atoms with Crippen LogP contribution in [0.5, 0.6) is 0 Å². The highest BCUT2D eigenvalue weighted by Crippen LogP contribution is 2.33. The van der Waals surface area contributed by atoms with E-state index in [1.807, 2.05) is 32.1 Å². The molecule has 0 bridgehead atoms. The normalized spacial score (nSPS) is 27.4. The second-order valence-electron chi connectivity index (χ2n) is 4.65. The van der Waals surface area contributed by atoms with Crippen molar-refractivity contribution in [1.29, 1.82) is 0 Å². The van der Waals surface area contributed by atoms with Gasteiger partial charge in [0, 0.05) is 22.6 Å². The first-order valence-corrected chi connectivity index (χ1v) is 6.38. The van der Waals surface area contributed by atoms with E-state index in [-0.39, 0.29) is 5.92 Å². The molecule has 0 spiro atoms. The molecule has 1 aromatic heterocycles. The van der Waals surface area contributed by atoms with Gasteiger partial charge in [0.1, 0.15) is 11.0 Å². The predicted molar refractivity (Wildman–Crippen MR) is 71.1 cm³/mol. The number of alkyl halides is 2. The maximum atomic E-state index is 14.1. The van der Waals surface area contributed by atoms with Gasteiger partial charge in [0.2, 0.25) is 0 Å². The van der Waals surface area contributed by atoms with Crippen LogP contribution in [0.15, 0.2) is 22.6 Å². The molecule has 3 heteroatoms. The average Bonchev–Trinajstić information content (AvgIpc) is 2.56. The van der Waals surface area contributed by atoms with Crippen LogP contribution < -0.4 is 10.6 Å². The largest absolute Gasteiger partial charge is 0.456 e. The molecule has 1 nitrogen and oxygen atoms in total. The first-order valence-electron chi connectivity index (χ1n) is 5.59. The highest BCUT2D eigenvalue weighted by atomic mass is 79.9. The summed E-state index contributed by atoms with van der Waals surface area (Å²) in [5.41, 5.74) is 2.60. The van der Waals surface area contributed by atoms with Crippen molar-refractivity contribution in [3.05, 3.63) is 34.4 Å². The number of aryl methyl sites for hydroxylation is 1. The van der Waals surface area contributed by atoms with Gasteiger partial charge in [-0.2, -0.15) is 0 Å². The smallest absolute Gasteiger partial charge is 0.193 e. The van der Waals surface area contributed by atoms with Gasteiger partial charge >= 0.3 is 0 Å². The molecule has 1 heterocycles. The first-order chi connectivity index (χ1) is 7.97. The molecule has 1 aliphatic carbocycles. The molecule has 2 aromatic rings. The zero-order valence-corrected chi connectivity index (χ0v) is 11.2. The van der Waals surface area contributed by atoms with Crippen molar-refractivity contribution >= 4 is 39.1 Å². The molecule has 0 fully saturated rings. The van der Waals surface area contributed by atoms with Crippen LogP contribution in [-0.2, 0) is 0 Å². The Hall–Kier alpha value is -1.09. The summed E-state index contributed by atoms with van der Waals surface area (Å²) in [6, 6.07) is 6.01. The summed E-state index contributed by atoms with van der Waals surface area (Å²) in [5.74, 6) is -0.212. The van der Waals surface area contributed by atoms with Crippen LogP contribution in [0.2, 0.25) is 0 Å². The van der Waals surface area contributed by atoms with Gasteiger partial charge in [0.25, 0.3) is 0 Å². The molecule has 0 aliphatic heterocycles. The van der Waals surface area contributed by atoms with Crippen molar-refractivity contribution in [2.45, 2.75) is 18.4 Å². The number of hydrogen-bond donors (Lipinski definition) is 0. The lowest BCUT2D eigenvalue weighted by Crippen LogP contribution is -2.35. The van der Waals surface area contributed by atoms with Crippen molar-refractivity contribution < 1.29 is 8.81 Å². The summed E-state index contributed by atoms with van der Waals surface area (Å²) in [5, 5.41) is 2.06. The lowest BCUT2D eigenvalue weighted by molar-refractivity contribution is 0.327. The molecule has 17 heavy (non-hydrogen) atoms. The fourth-order valence-corrected chi connectivity index (χ4v) is 2.54. The van der Waals surface area contributed by atoms with Crippen molar-refractivity contribution in [3.63, 3.8) is 0 Å². The van der Waals surface area contributed by atoms with Gasteiger partial charge in [-0.15, -0.1) is 0 Å². The standard InChI is InChI=1S/C14H12BrFO/c1-8-3-4-12-10(5-8)11-6-9(2)14(15,16)7-13(11)17-12/h3-7,9H,1-2H3. The lowest BCUT2D eigenvalue weighted by Gasteiger charge is -2.20. The Kier molecular flexibility index (Phi) is 2.24. The van der Waals surface area contributed by atoms with Gasteiger partial charge in [0.15, 0.2) is 4.58 Å². The van der Waals surface area contributed by atoms with E-state index in [0.717, 1.165) is 16.2 Å². The van der Waals surface area contributed by atoms with Crippen molar-refractivity contribution in [1.82, 2.24) is 0 Å². The molecule has 0 saturated carbocycles. The maximum absolute atomic E-state index is 14.1. The minimum absolute atomic E-state index is 0.212. The fourth-order valence-electron chi connectivity index (χ4n) is 2.20. The summed E-state index contributed by atoms with van der Waals surface area (Å²) in [6.07, 6.45) is 3.44. The Balaban J connectivity index is 2.46. The molecule has 0 radical (unpaired) electrons. The van der Waals surface area contributed by atoms with E-state index in [2.05, 4.69) is 22.0 Å². The molecule has 0 amide bonds. The highest BCUT2D eigenvalue weighted by Gasteiger charge is 2.32. The van der Waals surface area contributed by atoms with Gasteiger partial charge in [0.05, 0.1) is 0 Å². The fraction of sp³-hybridized carbons (Fsp3) is 0.286. The summed E-state index contributed by atoms with van der Waals surface area (Å²) >= 11 is 3.09. The second-order valence-corrected chi connectivity index (χ2v) is 5.87. The van der Waals surface area contributed by atoms with Crippen LogP contribution in [0.4, 0.5) is 4.39 Å². The number of fused-ring (bicyclic) bond motifs is 3. The quantitative estimate of drug-likeness (QED) is 0.681. The lowest BCUT2D eigenvalue weighted by atomic mass is 9.99. The van der Waals surface area contributed by atoms with Crippen LogP contribution in [0.25, 0.3) is 23.1 Å². The van der Waals surface area contributed by atoms with E-state index in [0.29, 0.717) is 5.42 Å². The Morgan fingerprint density at radius 3 is 2.94 bits per heavy atom. The molecule has 3 rings (SSSR count). The van der Waals surface area contributed by atoms with E-state index >= 15 is 0 Å². The van der Waals surface area contributed by atoms with Gasteiger partial charge in [-0.05, 0) is 35.0 Å². The first kappa shape index (κ1) is 11.0. The minimum Gasteiger partial charge on any atom is -0.456 e. The third kappa shape index (κ3) is 1.64. The van der Waals surface area contributed by atoms with Crippen LogP contribution in [0.3, 0.4) is 0 Å². The third-order valence-corrected chi connectivity index (χ3v) is 4.21. The van der Waals surface area contributed by atoms with E-state index in [1.165, 1.54) is 11.6 Å². The summed E-state index contributed by atoms with van der Waals surface area (Å²) < 4.78 is 18.3. The molecule has 1 aliphatic rings. The van der Waals surface area contributed by atoms with Gasteiger partial charge < -0.3 is 4.42 Å². The van der Waals surface area contributed by atoms with E-state index in [4.69, 9.17) is 4.42 Å². The molecule has 2 atom stereocenters. The third-order valence-electron chi connectivity index (χ3n) is 3.26. The Bertz CT molecular complexity index is 712. The molecule has 0 saturated heterocycles. The molecule has 0 N–H and O–H groups in total. The maximum Gasteiger partial charge on any atom is 0.193 e. The molecular formula is C14H12BrFO. The van der Waals surface area contributed by atoms with Gasteiger partial charge in [-0.3, -0.25) is 0 Å². The van der Waals surface area contributed by atoms with Crippen LogP contribution in [0.1, 0.15) is 12.5 Å². The van der Waals surface area contributed by atoms with Gasteiger partial charge in [-0.1, -0.05) is 24.6 Å². The van der Waals surface area contributed by atoms with E-state index in [1.54, 1.807) is 0 Å². The van der Waals surface area contributed by atoms with Crippen LogP contribution in [0, 0.1) is 12.8 Å². The van der Waals surface area contributed by atoms with Crippen molar-refractivity contribution in [2.24, 2.45) is 5.92 Å². The van der Waals surface area contributed by atoms with Crippen molar-refractivity contribution in [2.75, 3.05) is 0 Å². The zero-order valence-electron chi connectivity index (χ0n) is 9.63.